The van der Waals surface area contributed by atoms with Gasteiger partial charge >= 0.3 is 0 Å². The van der Waals surface area contributed by atoms with Crippen molar-refractivity contribution in [1.82, 2.24) is 18.9 Å². The van der Waals surface area contributed by atoms with Gasteiger partial charge < -0.3 is 4.74 Å². The molecule has 0 aromatic carbocycles. The van der Waals surface area contributed by atoms with E-state index in [-0.39, 0.29) is 6.04 Å². The summed E-state index contributed by atoms with van der Waals surface area (Å²) in [5.74, 6) is 0. The molecule has 0 aliphatic carbocycles. The number of hydrogen-bond donors (Lipinski definition) is 1. The molecule has 1 N–H and O–H groups in total. The molecule has 7 nitrogen and oxygen atoms in total. The molecule has 0 radical (unpaired) electrons. The van der Waals surface area contributed by atoms with Gasteiger partial charge in [-0.15, -0.1) is 0 Å². The zero-order valence-corrected chi connectivity index (χ0v) is 14.6. The van der Waals surface area contributed by atoms with Gasteiger partial charge in [-0.05, 0) is 12.1 Å². The highest BCUT2D eigenvalue weighted by Crippen LogP contribution is 2.19. The number of nitrogens with one attached hydrogen (secondary N) is 1. The van der Waals surface area contributed by atoms with E-state index in [1.165, 1.54) is 4.31 Å². The van der Waals surface area contributed by atoms with Crippen molar-refractivity contribution in [3.05, 3.63) is 30.1 Å². The Morgan fingerprint density at radius 2 is 2.00 bits per heavy atom. The van der Waals surface area contributed by atoms with Gasteiger partial charge in [-0.2, -0.15) is 12.7 Å². The summed E-state index contributed by atoms with van der Waals surface area (Å²) in [6.45, 7) is 7.74. The largest absolute Gasteiger partial charge is 0.379 e. The molecule has 1 aromatic heterocycles. The van der Waals surface area contributed by atoms with Crippen LogP contribution in [0.2, 0.25) is 0 Å². The SMILES string of the molecule is CCN(CC)S(=O)(=O)NCC(c1ccccn1)N1CCOCC1. The lowest BCUT2D eigenvalue weighted by molar-refractivity contribution is 0.0163. The quantitative estimate of drug-likeness (QED) is 0.750. The molecule has 1 saturated heterocycles. The molecule has 2 heterocycles. The van der Waals surface area contributed by atoms with Gasteiger partial charge in [-0.1, -0.05) is 19.9 Å². The van der Waals surface area contributed by atoms with Gasteiger partial charge in [0.1, 0.15) is 0 Å². The first-order chi connectivity index (χ1) is 11.1. The first-order valence-corrected chi connectivity index (χ1v) is 9.50. The predicted molar refractivity (Wildman–Crippen MR) is 89.2 cm³/mol. The fourth-order valence-corrected chi connectivity index (χ4v) is 3.95. The molecular formula is C15H26N4O3S. The van der Waals surface area contributed by atoms with Gasteiger partial charge in [0.05, 0.1) is 24.9 Å². The summed E-state index contributed by atoms with van der Waals surface area (Å²) in [4.78, 5) is 6.63. The summed E-state index contributed by atoms with van der Waals surface area (Å²) >= 11 is 0. The highest BCUT2D eigenvalue weighted by Gasteiger charge is 2.26. The van der Waals surface area contributed by atoms with Crippen LogP contribution in [0.15, 0.2) is 24.4 Å². The van der Waals surface area contributed by atoms with E-state index >= 15 is 0 Å². The van der Waals surface area contributed by atoms with E-state index in [9.17, 15) is 8.42 Å². The Hall–Kier alpha value is -1.06. The molecule has 1 aliphatic heterocycles. The molecule has 130 valence electrons. The summed E-state index contributed by atoms with van der Waals surface area (Å²) in [6, 6.07) is 5.63. The third kappa shape index (κ3) is 4.95. The number of aromatic nitrogens is 1. The Morgan fingerprint density at radius 1 is 1.30 bits per heavy atom. The van der Waals surface area contributed by atoms with Gasteiger partial charge in [0.15, 0.2) is 0 Å². The summed E-state index contributed by atoms with van der Waals surface area (Å²) in [5, 5.41) is 0. The zero-order valence-electron chi connectivity index (χ0n) is 13.8. The van der Waals surface area contributed by atoms with Crippen LogP contribution < -0.4 is 4.72 Å². The molecule has 1 atom stereocenters. The molecule has 1 aromatic rings. The van der Waals surface area contributed by atoms with E-state index in [0.29, 0.717) is 32.8 Å². The maximum atomic E-state index is 12.4. The number of nitrogens with zero attached hydrogens (tertiary/aromatic N) is 3. The second-order valence-corrected chi connectivity index (χ2v) is 7.11. The standard InChI is InChI=1S/C15H26N4O3S/c1-3-19(4-2)23(20,21)17-13-15(14-7-5-6-8-16-14)18-9-11-22-12-10-18/h5-8,15,17H,3-4,9-13H2,1-2H3. The van der Waals surface area contributed by atoms with Crippen molar-refractivity contribution in [3.8, 4) is 0 Å². The molecule has 1 fully saturated rings. The third-order valence-electron chi connectivity index (χ3n) is 4.02. The third-order valence-corrected chi connectivity index (χ3v) is 5.75. The highest BCUT2D eigenvalue weighted by atomic mass is 32.2. The van der Waals surface area contributed by atoms with E-state index < -0.39 is 10.2 Å². The number of hydrogen-bond acceptors (Lipinski definition) is 5. The van der Waals surface area contributed by atoms with Crippen LogP contribution in [0.5, 0.6) is 0 Å². The van der Waals surface area contributed by atoms with Gasteiger partial charge in [0.2, 0.25) is 0 Å². The molecule has 8 heteroatoms. The van der Waals surface area contributed by atoms with Crippen LogP contribution >= 0.6 is 0 Å². The van der Waals surface area contributed by atoms with Crippen LogP contribution in [0.4, 0.5) is 0 Å². The molecule has 1 aliphatic rings. The van der Waals surface area contributed by atoms with E-state index in [2.05, 4.69) is 14.6 Å². The van der Waals surface area contributed by atoms with E-state index in [1.54, 1.807) is 6.20 Å². The Labute approximate surface area is 138 Å². The fourth-order valence-electron chi connectivity index (χ4n) is 2.72. The van der Waals surface area contributed by atoms with Crippen molar-refractivity contribution in [2.45, 2.75) is 19.9 Å². The first kappa shape index (κ1) is 18.3. The van der Waals surface area contributed by atoms with Crippen molar-refractivity contribution in [1.29, 1.82) is 0 Å². The van der Waals surface area contributed by atoms with Gasteiger partial charge in [-0.3, -0.25) is 9.88 Å². The van der Waals surface area contributed by atoms with Gasteiger partial charge in [-0.25, -0.2) is 4.72 Å². The molecule has 1 unspecified atom stereocenters. The Bertz CT molecular complexity index is 557. The van der Waals surface area contributed by atoms with Crippen molar-refractivity contribution < 1.29 is 13.2 Å². The van der Waals surface area contributed by atoms with Gasteiger partial charge in [0.25, 0.3) is 10.2 Å². The number of pyridine rings is 1. The van der Waals surface area contributed by atoms with Crippen LogP contribution in [-0.2, 0) is 14.9 Å². The lowest BCUT2D eigenvalue weighted by Crippen LogP contribution is -2.47. The molecule has 0 saturated carbocycles. The fraction of sp³-hybridized carbons (Fsp3) is 0.667. The lowest BCUT2D eigenvalue weighted by atomic mass is 10.1. The molecule has 23 heavy (non-hydrogen) atoms. The number of morpholine rings is 1. The predicted octanol–water partition coefficient (Wildman–Crippen LogP) is 0.631. The minimum atomic E-state index is -3.47. The van der Waals surface area contributed by atoms with Gasteiger partial charge in [0, 0.05) is 38.9 Å². The van der Waals surface area contributed by atoms with Crippen LogP contribution in [0.1, 0.15) is 25.6 Å². The minimum absolute atomic E-state index is 0.0922. The van der Waals surface area contributed by atoms with E-state index in [0.717, 1.165) is 18.8 Å². The minimum Gasteiger partial charge on any atom is -0.379 e. The maximum Gasteiger partial charge on any atom is 0.279 e. The maximum absolute atomic E-state index is 12.4. The Morgan fingerprint density at radius 3 is 2.57 bits per heavy atom. The van der Waals surface area contributed by atoms with Crippen LogP contribution in [0.3, 0.4) is 0 Å². The van der Waals surface area contributed by atoms with Crippen molar-refractivity contribution in [3.63, 3.8) is 0 Å². The summed E-state index contributed by atoms with van der Waals surface area (Å²) in [6.07, 6.45) is 1.74. The van der Waals surface area contributed by atoms with Crippen molar-refractivity contribution in [2.24, 2.45) is 0 Å². The smallest absolute Gasteiger partial charge is 0.279 e. The average Bonchev–Trinajstić information content (AvgIpc) is 2.58. The van der Waals surface area contributed by atoms with Crippen LogP contribution in [0, 0.1) is 0 Å². The van der Waals surface area contributed by atoms with Crippen molar-refractivity contribution in [2.75, 3.05) is 45.9 Å². The van der Waals surface area contributed by atoms with E-state index in [1.807, 2.05) is 32.0 Å². The zero-order chi connectivity index (χ0) is 16.7. The highest BCUT2D eigenvalue weighted by molar-refractivity contribution is 7.87. The Kier molecular flexibility index (Phi) is 6.91. The second kappa shape index (κ2) is 8.70. The number of rotatable bonds is 8. The topological polar surface area (TPSA) is 74.8 Å². The number of ether oxygens (including phenoxy) is 1. The molecule has 0 amide bonds. The molecule has 0 bridgehead atoms. The van der Waals surface area contributed by atoms with E-state index in [4.69, 9.17) is 4.74 Å². The summed E-state index contributed by atoms with van der Waals surface area (Å²) in [7, 11) is -3.47. The normalized spacial score (nSPS) is 18.2. The monoisotopic (exact) mass is 342 g/mol. The molecule has 2 rings (SSSR count). The average molecular weight is 342 g/mol. The Balaban J connectivity index is 2.12. The van der Waals surface area contributed by atoms with Crippen LogP contribution in [0.25, 0.3) is 0 Å². The van der Waals surface area contributed by atoms with Crippen LogP contribution in [-0.4, -0.2) is 68.5 Å². The first-order valence-electron chi connectivity index (χ1n) is 8.06. The molecule has 0 spiro atoms. The van der Waals surface area contributed by atoms with Crippen molar-refractivity contribution >= 4 is 10.2 Å². The molecular weight excluding hydrogens is 316 g/mol. The lowest BCUT2D eigenvalue weighted by Gasteiger charge is -2.34. The second-order valence-electron chi connectivity index (χ2n) is 5.36. The summed E-state index contributed by atoms with van der Waals surface area (Å²) < 4.78 is 34.3. The summed E-state index contributed by atoms with van der Waals surface area (Å²) in [5.41, 5.74) is 0.872.